The minimum Gasteiger partial charge on any atom is -0.377 e. The molecule has 0 saturated heterocycles. The van der Waals surface area contributed by atoms with Gasteiger partial charge < -0.3 is 10.5 Å². The van der Waals surface area contributed by atoms with Crippen molar-refractivity contribution in [1.82, 2.24) is 0 Å². The van der Waals surface area contributed by atoms with Crippen LogP contribution in [-0.4, -0.2) is 13.2 Å². The molecule has 0 saturated carbocycles. The first-order chi connectivity index (χ1) is 6.74. The average Bonchev–Trinajstić information content (AvgIpc) is 2.15. The number of aryl methyl sites for hydroxylation is 1. The van der Waals surface area contributed by atoms with Gasteiger partial charge in [0.05, 0.1) is 6.61 Å². The Morgan fingerprint density at radius 1 is 1.43 bits per heavy atom. The normalized spacial score (nSPS) is 10.5. The molecule has 0 fully saturated rings. The Kier molecular flexibility index (Phi) is 4.56. The molecule has 3 heteroatoms. The molecule has 1 aromatic carbocycles. The van der Waals surface area contributed by atoms with Crippen LogP contribution in [0, 0.1) is 12.7 Å². The van der Waals surface area contributed by atoms with Crippen LogP contribution in [-0.2, 0) is 11.3 Å². The van der Waals surface area contributed by atoms with Gasteiger partial charge >= 0.3 is 0 Å². The van der Waals surface area contributed by atoms with Gasteiger partial charge in [-0.15, -0.1) is 0 Å². The molecule has 1 rings (SSSR count). The molecule has 0 atom stereocenters. The van der Waals surface area contributed by atoms with E-state index in [1.54, 1.807) is 6.07 Å². The van der Waals surface area contributed by atoms with E-state index in [0.717, 1.165) is 17.5 Å². The first-order valence-electron chi connectivity index (χ1n) is 4.77. The van der Waals surface area contributed by atoms with Gasteiger partial charge in [0.25, 0.3) is 0 Å². The summed E-state index contributed by atoms with van der Waals surface area (Å²) in [5.41, 5.74) is 7.29. The molecule has 0 aromatic heterocycles. The highest BCUT2D eigenvalue weighted by Crippen LogP contribution is 2.11. The standard InChI is InChI=1S/C11H16FNO/c1-9-7-11(12)4-3-10(9)8-14-6-2-5-13/h3-4,7H,2,5-6,8,13H2,1H3. The Morgan fingerprint density at radius 2 is 2.21 bits per heavy atom. The Morgan fingerprint density at radius 3 is 2.86 bits per heavy atom. The van der Waals surface area contributed by atoms with Crippen molar-refractivity contribution in [2.24, 2.45) is 5.73 Å². The summed E-state index contributed by atoms with van der Waals surface area (Å²) in [5.74, 6) is -0.201. The number of halogens is 1. The van der Waals surface area contributed by atoms with Gasteiger partial charge in [-0.3, -0.25) is 0 Å². The molecule has 14 heavy (non-hydrogen) atoms. The van der Waals surface area contributed by atoms with Crippen LogP contribution in [0.25, 0.3) is 0 Å². The van der Waals surface area contributed by atoms with E-state index in [2.05, 4.69) is 0 Å². The topological polar surface area (TPSA) is 35.2 Å². The monoisotopic (exact) mass is 197 g/mol. The Balaban J connectivity index is 2.42. The van der Waals surface area contributed by atoms with E-state index in [1.165, 1.54) is 12.1 Å². The summed E-state index contributed by atoms with van der Waals surface area (Å²) in [6, 6.07) is 4.73. The SMILES string of the molecule is Cc1cc(F)ccc1COCCCN. The lowest BCUT2D eigenvalue weighted by Crippen LogP contribution is -2.04. The molecule has 0 aliphatic carbocycles. The maximum atomic E-state index is 12.7. The fourth-order valence-corrected chi connectivity index (χ4v) is 1.19. The molecule has 78 valence electrons. The first-order valence-corrected chi connectivity index (χ1v) is 4.77. The molecule has 0 spiro atoms. The molecule has 2 nitrogen and oxygen atoms in total. The minimum atomic E-state index is -0.201. The fourth-order valence-electron chi connectivity index (χ4n) is 1.19. The largest absolute Gasteiger partial charge is 0.377 e. The number of nitrogens with two attached hydrogens (primary N) is 1. The zero-order chi connectivity index (χ0) is 10.4. The summed E-state index contributed by atoms with van der Waals surface area (Å²) < 4.78 is 18.1. The predicted octanol–water partition coefficient (Wildman–Crippen LogP) is 2.00. The lowest BCUT2D eigenvalue weighted by Gasteiger charge is -2.06. The van der Waals surface area contributed by atoms with Crippen molar-refractivity contribution < 1.29 is 9.13 Å². The summed E-state index contributed by atoms with van der Waals surface area (Å²) in [6.07, 6.45) is 0.861. The number of ether oxygens (including phenoxy) is 1. The van der Waals surface area contributed by atoms with Gasteiger partial charge in [-0.05, 0) is 43.1 Å². The van der Waals surface area contributed by atoms with E-state index in [0.29, 0.717) is 19.8 Å². The van der Waals surface area contributed by atoms with E-state index in [9.17, 15) is 4.39 Å². The molecule has 0 aliphatic rings. The third-order valence-corrected chi connectivity index (χ3v) is 2.06. The van der Waals surface area contributed by atoms with Crippen molar-refractivity contribution in [3.63, 3.8) is 0 Å². The van der Waals surface area contributed by atoms with Crippen LogP contribution in [0.1, 0.15) is 17.5 Å². The van der Waals surface area contributed by atoms with Crippen molar-refractivity contribution in [2.45, 2.75) is 20.0 Å². The Bertz CT molecular complexity index is 289. The van der Waals surface area contributed by atoms with E-state index >= 15 is 0 Å². The molecule has 2 N–H and O–H groups in total. The lowest BCUT2D eigenvalue weighted by molar-refractivity contribution is 0.119. The second kappa shape index (κ2) is 5.73. The number of hydrogen-bond acceptors (Lipinski definition) is 2. The average molecular weight is 197 g/mol. The molecule has 1 aromatic rings. The van der Waals surface area contributed by atoms with E-state index in [4.69, 9.17) is 10.5 Å². The summed E-state index contributed by atoms with van der Waals surface area (Å²) >= 11 is 0. The van der Waals surface area contributed by atoms with E-state index in [-0.39, 0.29) is 5.82 Å². The summed E-state index contributed by atoms with van der Waals surface area (Å²) in [4.78, 5) is 0. The summed E-state index contributed by atoms with van der Waals surface area (Å²) in [5, 5.41) is 0. The third kappa shape index (κ3) is 3.44. The smallest absolute Gasteiger partial charge is 0.123 e. The zero-order valence-electron chi connectivity index (χ0n) is 8.42. The van der Waals surface area contributed by atoms with Gasteiger partial charge in [0.2, 0.25) is 0 Å². The summed E-state index contributed by atoms with van der Waals surface area (Å²) in [7, 11) is 0. The maximum absolute atomic E-state index is 12.7. The predicted molar refractivity (Wildman–Crippen MR) is 54.5 cm³/mol. The van der Waals surface area contributed by atoms with Crippen LogP contribution >= 0.6 is 0 Å². The first kappa shape index (κ1) is 11.1. The number of hydrogen-bond donors (Lipinski definition) is 1. The second-order valence-corrected chi connectivity index (χ2v) is 3.27. The van der Waals surface area contributed by atoms with Crippen LogP contribution in [0.15, 0.2) is 18.2 Å². The molecule has 0 unspecified atom stereocenters. The highest BCUT2D eigenvalue weighted by Gasteiger charge is 1.99. The number of rotatable bonds is 5. The van der Waals surface area contributed by atoms with Crippen molar-refractivity contribution in [1.29, 1.82) is 0 Å². The molecular formula is C11H16FNO. The Hall–Kier alpha value is -0.930. The van der Waals surface area contributed by atoms with Gasteiger partial charge in [-0.25, -0.2) is 4.39 Å². The molecule has 0 radical (unpaired) electrons. The summed E-state index contributed by atoms with van der Waals surface area (Å²) in [6.45, 7) is 3.71. The molecule has 0 heterocycles. The zero-order valence-corrected chi connectivity index (χ0v) is 8.42. The van der Waals surface area contributed by atoms with E-state index < -0.39 is 0 Å². The second-order valence-electron chi connectivity index (χ2n) is 3.27. The van der Waals surface area contributed by atoms with Crippen molar-refractivity contribution in [3.8, 4) is 0 Å². The molecule has 0 amide bonds. The van der Waals surface area contributed by atoms with Gasteiger partial charge in [0.15, 0.2) is 0 Å². The molecular weight excluding hydrogens is 181 g/mol. The van der Waals surface area contributed by atoms with Crippen molar-refractivity contribution in [2.75, 3.05) is 13.2 Å². The van der Waals surface area contributed by atoms with Crippen LogP contribution < -0.4 is 5.73 Å². The lowest BCUT2D eigenvalue weighted by atomic mass is 10.1. The van der Waals surface area contributed by atoms with Gasteiger partial charge in [-0.2, -0.15) is 0 Å². The van der Waals surface area contributed by atoms with Crippen LogP contribution in [0.2, 0.25) is 0 Å². The Labute approximate surface area is 83.9 Å². The van der Waals surface area contributed by atoms with E-state index in [1.807, 2.05) is 6.92 Å². The highest BCUT2D eigenvalue weighted by molar-refractivity contribution is 5.25. The maximum Gasteiger partial charge on any atom is 0.123 e. The quantitative estimate of drug-likeness (QED) is 0.733. The number of benzene rings is 1. The van der Waals surface area contributed by atoms with Crippen LogP contribution in [0.3, 0.4) is 0 Å². The van der Waals surface area contributed by atoms with Crippen LogP contribution in [0.5, 0.6) is 0 Å². The van der Waals surface area contributed by atoms with Gasteiger partial charge in [0.1, 0.15) is 5.82 Å². The van der Waals surface area contributed by atoms with Crippen LogP contribution in [0.4, 0.5) is 4.39 Å². The highest BCUT2D eigenvalue weighted by atomic mass is 19.1. The fraction of sp³-hybridized carbons (Fsp3) is 0.455. The third-order valence-electron chi connectivity index (χ3n) is 2.06. The van der Waals surface area contributed by atoms with Crippen molar-refractivity contribution >= 4 is 0 Å². The minimum absolute atomic E-state index is 0.201. The molecule has 0 aliphatic heterocycles. The van der Waals surface area contributed by atoms with Gasteiger partial charge in [0, 0.05) is 6.61 Å². The van der Waals surface area contributed by atoms with Crippen molar-refractivity contribution in [3.05, 3.63) is 35.1 Å². The van der Waals surface area contributed by atoms with Gasteiger partial charge in [-0.1, -0.05) is 6.07 Å². The molecule has 0 bridgehead atoms.